The monoisotopic (exact) mass is 699 g/mol. The Hall–Kier alpha value is -3.10. The van der Waals surface area contributed by atoms with Crippen molar-refractivity contribution >= 4 is 5.91 Å². The third kappa shape index (κ3) is 14.8. The molecule has 7 nitrogen and oxygen atoms in total. The van der Waals surface area contributed by atoms with Crippen LogP contribution in [-0.2, 0) is 33.8 Å². The van der Waals surface area contributed by atoms with Crippen molar-refractivity contribution in [3.63, 3.8) is 0 Å². The fourth-order valence-electron chi connectivity index (χ4n) is 6.96. The van der Waals surface area contributed by atoms with E-state index in [2.05, 4.69) is 78.6 Å². The van der Waals surface area contributed by atoms with Crippen LogP contribution in [0.5, 0.6) is 0 Å². The lowest BCUT2D eigenvalue weighted by molar-refractivity contribution is -0.275. The molecule has 0 aliphatic carbocycles. The molecule has 2 aromatic carbocycles. The summed E-state index contributed by atoms with van der Waals surface area (Å²) in [6, 6.07) is 22.3. The van der Waals surface area contributed by atoms with Crippen LogP contribution >= 0.6 is 0 Å². The molecule has 2 N–H and O–H groups in total. The van der Waals surface area contributed by atoms with E-state index in [1.807, 2.05) is 30.5 Å². The van der Waals surface area contributed by atoms with Crippen molar-refractivity contribution in [3.05, 3.63) is 101 Å². The van der Waals surface area contributed by atoms with E-state index >= 15 is 0 Å². The Morgan fingerprint density at radius 3 is 2.00 bits per heavy atom. The van der Waals surface area contributed by atoms with Gasteiger partial charge in [0.1, 0.15) is 0 Å². The molecule has 3 aromatic rings. The zero-order chi connectivity index (χ0) is 36.1. The minimum Gasteiger partial charge on any atom is -0.392 e. The lowest BCUT2D eigenvalue weighted by Crippen LogP contribution is -2.43. The maximum Gasteiger partial charge on any atom is 0.220 e. The van der Waals surface area contributed by atoms with Crippen LogP contribution in [0.3, 0.4) is 0 Å². The molecular weight excluding hydrogens is 635 g/mol. The summed E-state index contributed by atoms with van der Waals surface area (Å²) >= 11 is 0. The number of likely N-dealkylation sites (N-methyl/N-ethyl adjacent to an activating group) is 1. The number of hydrogen-bond donors (Lipinski definition) is 2. The smallest absolute Gasteiger partial charge is 0.220 e. The molecule has 2 heterocycles. The van der Waals surface area contributed by atoms with Crippen molar-refractivity contribution < 1.29 is 19.4 Å². The summed E-state index contributed by atoms with van der Waals surface area (Å²) in [6.07, 6.45) is 19.6. The molecular formula is C44H65N3O4. The predicted molar refractivity (Wildman–Crippen MR) is 207 cm³/mol. The average Bonchev–Trinajstić information content (AvgIpc) is 3.16. The third-order valence-corrected chi connectivity index (χ3v) is 10.3. The normalized spacial score (nSPS) is 19.0. The van der Waals surface area contributed by atoms with Crippen molar-refractivity contribution in [3.8, 4) is 0 Å². The van der Waals surface area contributed by atoms with Crippen molar-refractivity contribution in [2.75, 3.05) is 20.1 Å². The van der Waals surface area contributed by atoms with Crippen LogP contribution in [-0.4, -0.2) is 47.1 Å². The minimum atomic E-state index is -0.517. The average molecular weight is 700 g/mol. The molecule has 0 radical (unpaired) electrons. The van der Waals surface area contributed by atoms with Gasteiger partial charge >= 0.3 is 0 Å². The minimum absolute atomic E-state index is 0.0169. The fraction of sp³-hybridized carbons (Fsp3) is 0.591. The molecule has 0 bridgehead atoms. The Kier molecular flexibility index (Phi) is 18.7. The summed E-state index contributed by atoms with van der Waals surface area (Å²) in [5.41, 5.74) is 5.07. The summed E-state index contributed by atoms with van der Waals surface area (Å²) in [6.45, 7) is 6.65. The summed E-state index contributed by atoms with van der Waals surface area (Å²) in [7, 11) is 2.14. The molecule has 1 saturated heterocycles. The molecule has 7 heteroatoms. The van der Waals surface area contributed by atoms with Crippen LogP contribution in [0.15, 0.2) is 72.9 Å². The second kappa shape index (κ2) is 23.5. The molecule has 4 rings (SSSR count). The number of pyridine rings is 1. The highest BCUT2D eigenvalue weighted by atomic mass is 16.7. The first-order chi connectivity index (χ1) is 25.0. The van der Waals surface area contributed by atoms with E-state index in [0.717, 1.165) is 60.3 Å². The topological polar surface area (TPSA) is 83.9 Å². The van der Waals surface area contributed by atoms with Gasteiger partial charge in [0.25, 0.3) is 0 Å². The maximum absolute atomic E-state index is 12.6. The molecule has 4 atom stereocenters. The lowest BCUT2D eigenvalue weighted by atomic mass is 9.90. The first-order valence-corrected chi connectivity index (χ1v) is 19.9. The number of ether oxygens (including phenoxy) is 2. The molecule has 1 fully saturated rings. The Balaban J connectivity index is 1.21. The number of nitrogens with zero attached hydrogens (tertiary/aromatic N) is 2. The number of nitrogens with one attached hydrogen (secondary N) is 1. The molecule has 1 unspecified atom stereocenters. The highest BCUT2D eigenvalue weighted by Gasteiger charge is 2.38. The highest BCUT2D eigenvalue weighted by Crippen LogP contribution is 2.41. The highest BCUT2D eigenvalue weighted by molar-refractivity contribution is 5.75. The largest absolute Gasteiger partial charge is 0.392 e. The molecule has 280 valence electrons. The maximum atomic E-state index is 12.6. The van der Waals surface area contributed by atoms with Crippen molar-refractivity contribution in [2.24, 2.45) is 5.92 Å². The van der Waals surface area contributed by atoms with Gasteiger partial charge in [-0.3, -0.25) is 9.78 Å². The zero-order valence-electron chi connectivity index (χ0n) is 31.7. The number of benzene rings is 2. The van der Waals surface area contributed by atoms with Gasteiger partial charge in [-0.05, 0) is 42.3 Å². The summed E-state index contributed by atoms with van der Waals surface area (Å²) in [5, 5.41) is 12.7. The van der Waals surface area contributed by atoms with E-state index in [4.69, 9.17) is 9.47 Å². The third-order valence-electron chi connectivity index (χ3n) is 10.3. The number of aromatic nitrogens is 1. The van der Waals surface area contributed by atoms with E-state index in [0.29, 0.717) is 13.0 Å². The number of aliphatic hydroxyl groups excluding tert-OH is 1. The van der Waals surface area contributed by atoms with Crippen molar-refractivity contribution in [1.82, 2.24) is 15.2 Å². The second-order valence-electron chi connectivity index (χ2n) is 14.7. The lowest BCUT2D eigenvalue weighted by Gasteiger charge is -2.42. The number of rotatable bonds is 24. The van der Waals surface area contributed by atoms with Crippen LogP contribution in [0.4, 0.5) is 0 Å². The second-order valence-corrected chi connectivity index (χ2v) is 14.7. The molecule has 0 spiro atoms. The van der Waals surface area contributed by atoms with Gasteiger partial charge in [0.2, 0.25) is 5.91 Å². The fourth-order valence-corrected chi connectivity index (χ4v) is 6.96. The first-order valence-electron chi connectivity index (χ1n) is 19.9. The van der Waals surface area contributed by atoms with E-state index in [9.17, 15) is 9.90 Å². The van der Waals surface area contributed by atoms with E-state index < -0.39 is 6.29 Å². The Morgan fingerprint density at radius 2 is 1.39 bits per heavy atom. The van der Waals surface area contributed by atoms with Crippen LogP contribution < -0.4 is 5.32 Å². The van der Waals surface area contributed by atoms with Gasteiger partial charge in [0, 0.05) is 55.8 Å². The number of unbranched alkanes of at least 4 members (excludes halogenated alkanes) is 12. The zero-order valence-corrected chi connectivity index (χ0v) is 31.7. The Bertz CT molecular complexity index is 1350. The van der Waals surface area contributed by atoms with Crippen molar-refractivity contribution in [1.29, 1.82) is 0 Å². The van der Waals surface area contributed by atoms with Crippen LogP contribution in [0.1, 0.15) is 144 Å². The van der Waals surface area contributed by atoms with Gasteiger partial charge in [-0.1, -0.05) is 145 Å². The summed E-state index contributed by atoms with van der Waals surface area (Å²) < 4.78 is 13.3. The molecule has 1 aromatic heterocycles. The quantitative estimate of drug-likeness (QED) is 0.0907. The number of carbonyl (C=O) groups excluding carboxylic acids is 1. The molecule has 1 aliphatic rings. The Morgan fingerprint density at radius 1 is 0.784 bits per heavy atom. The van der Waals surface area contributed by atoms with Crippen LogP contribution in [0.25, 0.3) is 0 Å². The van der Waals surface area contributed by atoms with Gasteiger partial charge in [0.15, 0.2) is 6.29 Å². The number of carbonyl (C=O) groups is 1. The molecule has 1 aliphatic heterocycles. The van der Waals surface area contributed by atoms with Gasteiger partial charge in [-0.2, -0.15) is 0 Å². The van der Waals surface area contributed by atoms with E-state index in [1.165, 1.54) is 70.6 Å². The molecule has 51 heavy (non-hydrogen) atoms. The predicted octanol–water partition coefficient (Wildman–Crippen LogP) is 9.64. The first kappa shape index (κ1) is 40.7. The van der Waals surface area contributed by atoms with E-state index in [-0.39, 0.29) is 30.6 Å². The Labute approximate surface area is 308 Å². The van der Waals surface area contributed by atoms with Gasteiger partial charge in [-0.15, -0.1) is 0 Å². The SMILES string of the molecule is CCCCCCCCCCCCCCCC(=O)NCc1ccc(C2O[C@H](CN(C)CCc3ccccn3)[C@H](C)[C@H](c3ccc(CO)cc3)O2)cc1. The number of amides is 1. The van der Waals surface area contributed by atoms with Gasteiger partial charge in [0.05, 0.1) is 18.8 Å². The number of aliphatic hydroxyl groups is 1. The number of hydrogen-bond acceptors (Lipinski definition) is 6. The van der Waals surface area contributed by atoms with E-state index in [1.54, 1.807) is 0 Å². The standard InChI is InChI=1S/C44H65N3O4/c1-4-5-6-7-8-9-10-11-12-13-14-15-16-20-42(49)46-32-36-21-27-39(28-22-36)44-50-41(33-47(3)31-29-40-19-17-18-30-45-40)35(2)43(51-44)38-25-23-37(34-48)24-26-38/h17-19,21-28,30,35,41,43-44,48H,4-16,20,29,31-34H2,1-3H3,(H,46,49)/t35-,41+,43+,44?/m0/s1. The summed E-state index contributed by atoms with van der Waals surface area (Å²) in [4.78, 5) is 19.3. The molecule has 1 amide bonds. The molecule has 0 saturated carbocycles. The van der Waals surface area contributed by atoms with Gasteiger partial charge < -0.3 is 24.8 Å². The van der Waals surface area contributed by atoms with Crippen molar-refractivity contribution in [2.45, 2.75) is 142 Å². The van der Waals surface area contributed by atoms with Gasteiger partial charge in [-0.25, -0.2) is 0 Å². The summed E-state index contributed by atoms with van der Waals surface area (Å²) in [5.74, 6) is 0.239. The van der Waals surface area contributed by atoms with Crippen LogP contribution in [0.2, 0.25) is 0 Å². The van der Waals surface area contributed by atoms with Crippen LogP contribution in [0, 0.1) is 5.92 Å².